The number of esters is 1. The maximum atomic E-state index is 13.8. The minimum atomic E-state index is -0.778. The van der Waals surface area contributed by atoms with Gasteiger partial charge in [-0.3, -0.25) is 9.59 Å². The summed E-state index contributed by atoms with van der Waals surface area (Å²) in [6.07, 6.45) is 2.93. The standard InChI is InChI=1S/C24H33NO5/c1-14-12-15(2)18(17(13-14)29-7)19-20(26)24(10-8-16(28-6)9-11-24)25-21(19)30-22(27)23(3,4)5/h12-13,16,25H,8-11H2,1-7H3. The summed E-state index contributed by atoms with van der Waals surface area (Å²) in [7, 11) is 3.29. The number of benzene rings is 1. The molecule has 1 aromatic carbocycles. The fraction of sp³-hybridized carbons (Fsp3) is 0.583. The van der Waals surface area contributed by atoms with Crippen LogP contribution in [0.1, 0.15) is 63.1 Å². The molecule has 1 heterocycles. The van der Waals surface area contributed by atoms with Gasteiger partial charge in [0.1, 0.15) is 11.3 Å². The van der Waals surface area contributed by atoms with E-state index < -0.39 is 11.0 Å². The van der Waals surface area contributed by atoms with Crippen LogP contribution in [0.5, 0.6) is 5.75 Å². The summed E-state index contributed by atoms with van der Waals surface area (Å²) in [4.78, 5) is 26.5. The molecule has 6 heteroatoms. The third-order valence-corrected chi connectivity index (χ3v) is 6.08. The number of rotatable bonds is 4. The maximum absolute atomic E-state index is 13.8. The zero-order chi connectivity index (χ0) is 22.3. The Labute approximate surface area is 179 Å². The molecule has 1 N–H and O–H groups in total. The Morgan fingerprint density at radius 1 is 1.13 bits per heavy atom. The highest BCUT2D eigenvalue weighted by molar-refractivity contribution is 6.29. The van der Waals surface area contributed by atoms with E-state index >= 15 is 0 Å². The molecule has 1 aliphatic heterocycles. The topological polar surface area (TPSA) is 73.9 Å². The van der Waals surface area contributed by atoms with Crippen molar-refractivity contribution in [3.05, 3.63) is 34.7 Å². The van der Waals surface area contributed by atoms with Crippen LogP contribution >= 0.6 is 0 Å². The first-order valence-electron chi connectivity index (χ1n) is 10.5. The Morgan fingerprint density at radius 3 is 2.30 bits per heavy atom. The third-order valence-electron chi connectivity index (χ3n) is 6.08. The summed E-state index contributed by atoms with van der Waals surface area (Å²) in [5.41, 5.74) is 1.55. The minimum absolute atomic E-state index is 0.0426. The van der Waals surface area contributed by atoms with E-state index in [4.69, 9.17) is 14.2 Å². The molecule has 1 aliphatic carbocycles. The Morgan fingerprint density at radius 2 is 1.77 bits per heavy atom. The summed E-state index contributed by atoms with van der Waals surface area (Å²) in [5.74, 6) is 0.409. The smallest absolute Gasteiger partial charge is 0.317 e. The van der Waals surface area contributed by atoms with Crippen LogP contribution in [0.15, 0.2) is 18.0 Å². The quantitative estimate of drug-likeness (QED) is 0.748. The van der Waals surface area contributed by atoms with Gasteiger partial charge in [-0.15, -0.1) is 0 Å². The first kappa shape index (κ1) is 22.3. The van der Waals surface area contributed by atoms with Crippen molar-refractivity contribution in [1.82, 2.24) is 5.32 Å². The predicted octanol–water partition coefficient (Wildman–Crippen LogP) is 4.07. The molecule has 0 radical (unpaired) electrons. The van der Waals surface area contributed by atoms with Crippen molar-refractivity contribution >= 4 is 17.3 Å². The van der Waals surface area contributed by atoms with Gasteiger partial charge in [-0.2, -0.15) is 0 Å². The Hall–Kier alpha value is -2.34. The molecule has 0 unspecified atom stereocenters. The molecule has 3 rings (SSSR count). The maximum Gasteiger partial charge on any atom is 0.317 e. The lowest BCUT2D eigenvalue weighted by molar-refractivity contribution is -0.149. The summed E-state index contributed by atoms with van der Waals surface area (Å²) in [6.45, 7) is 9.31. The molecular weight excluding hydrogens is 382 g/mol. The van der Waals surface area contributed by atoms with Gasteiger partial charge in [-0.25, -0.2) is 0 Å². The molecule has 1 saturated carbocycles. The van der Waals surface area contributed by atoms with Crippen molar-refractivity contribution in [2.24, 2.45) is 5.41 Å². The molecule has 1 aromatic rings. The number of Topliss-reactive ketones (excluding diaryl/α,β-unsaturated/α-hetero) is 1. The summed E-state index contributed by atoms with van der Waals surface area (Å²) < 4.78 is 16.9. The lowest BCUT2D eigenvalue weighted by Crippen LogP contribution is -2.50. The van der Waals surface area contributed by atoms with Crippen LogP contribution in [0.25, 0.3) is 5.57 Å². The van der Waals surface area contributed by atoms with E-state index in [1.165, 1.54) is 0 Å². The van der Waals surface area contributed by atoms with Crippen LogP contribution in [0.4, 0.5) is 0 Å². The van der Waals surface area contributed by atoms with Crippen molar-refractivity contribution in [2.75, 3.05) is 14.2 Å². The van der Waals surface area contributed by atoms with Crippen molar-refractivity contribution in [2.45, 2.75) is 71.9 Å². The highest BCUT2D eigenvalue weighted by atomic mass is 16.6. The number of hydrogen-bond donors (Lipinski definition) is 1. The number of aryl methyl sites for hydroxylation is 2. The van der Waals surface area contributed by atoms with Crippen LogP contribution in [0.2, 0.25) is 0 Å². The van der Waals surface area contributed by atoms with Gasteiger partial charge in [-0.1, -0.05) is 6.07 Å². The number of hydrogen-bond acceptors (Lipinski definition) is 6. The molecule has 6 nitrogen and oxygen atoms in total. The highest BCUT2D eigenvalue weighted by Gasteiger charge is 2.51. The number of ether oxygens (including phenoxy) is 3. The monoisotopic (exact) mass is 415 g/mol. The lowest BCUT2D eigenvalue weighted by Gasteiger charge is -2.36. The van der Waals surface area contributed by atoms with Crippen LogP contribution in [-0.4, -0.2) is 37.6 Å². The zero-order valence-electron chi connectivity index (χ0n) is 19.1. The van der Waals surface area contributed by atoms with E-state index in [0.29, 0.717) is 29.7 Å². The second-order valence-electron chi connectivity index (χ2n) is 9.47. The predicted molar refractivity (Wildman–Crippen MR) is 115 cm³/mol. The van der Waals surface area contributed by atoms with Crippen molar-refractivity contribution in [1.29, 1.82) is 0 Å². The van der Waals surface area contributed by atoms with Gasteiger partial charge in [0.15, 0.2) is 5.78 Å². The van der Waals surface area contributed by atoms with E-state index in [-0.39, 0.29) is 23.7 Å². The average molecular weight is 416 g/mol. The van der Waals surface area contributed by atoms with Crippen LogP contribution in [0, 0.1) is 19.3 Å². The number of methoxy groups -OCH3 is 2. The SMILES string of the molecule is COc1cc(C)cc(C)c1C1=C(OC(=O)C(C)(C)C)NC2(CCC(OC)CC2)C1=O. The Kier molecular flexibility index (Phi) is 6.01. The first-order chi connectivity index (χ1) is 14.0. The zero-order valence-corrected chi connectivity index (χ0v) is 19.1. The fourth-order valence-corrected chi connectivity index (χ4v) is 4.31. The Balaban J connectivity index is 2.10. The molecule has 0 amide bonds. The van der Waals surface area contributed by atoms with E-state index in [9.17, 15) is 9.59 Å². The molecule has 30 heavy (non-hydrogen) atoms. The van der Waals surface area contributed by atoms with Crippen molar-refractivity contribution in [3.63, 3.8) is 0 Å². The van der Waals surface area contributed by atoms with Crippen LogP contribution < -0.4 is 10.1 Å². The molecule has 0 bridgehead atoms. The van der Waals surface area contributed by atoms with Gasteiger partial charge in [0.25, 0.3) is 0 Å². The van der Waals surface area contributed by atoms with Gasteiger partial charge in [-0.05, 0) is 77.5 Å². The van der Waals surface area contributed by atoms with E-state index in [1.807, 2.05) is 26.0 Å². The Bertz CT molecular complexity index is 886. The lowest BCUT2D eigenvalue weighted by atomic mass is 9.76. The van der Waals surface area contributed by atoms with Crippen LogP contribution in [-0.2, 0) is 19.1 Å². The largest absolute Gasteiger partial charge is 0.496 e. The number of ketones is 1. The number of carbonyl (C=O) groups excluding carboxylic acids is 2. The van der Waals surface area contributed by atoms with Crippen molar-refractivity contribution < 1.29 is 23.8 Å². The number of nitrogens with one attached hydrogen (secondary N) is 1. The summed E-state index contributed by atoms with van der Waals surface area (Å²) >= 11 is 0. The summed E-state index contributed by atoms with van der Waals surface area (Å²) in [5, 5.41) is 3.32. The molecule has 1 spiro atoms. The van der Waals surface area contributed by atoms with Gasteiger partial charge in [0.2, 0.25) is 5.88 Å². The second-order valence-corrected chi connectivity index (χ2v) is 9.47. The molecule has 2 aliphatic rings. The highest BCUT2D eigenvalue weighted by Crippen LogP contribution is 2.44. The first-order valence-corrected chi connectivity index (χ1v) is 10.5. The van der Waals surface area contributed by atoms with Crippen molar-refractivity contribution in [3.8, 4) is 5.75 Å². The van der Waals surface area contributed by atoms with E-state index in [0.717, 1.165) is 24.0 Å². The molecular formula is C24H33NO5. The average Bonchev–Trinajstić information content (AvgIpc) is 2.92. The minimum Gasteiger partial charge on any atom is -0.496 e. The fourth-order valence-electron chi connectivity index (χ4n) is 4.31. The van der Waals surface area contributed by atoms with Gasteiger partial charge < -0.3 is 19.5 Å². The molecule has 1 fully saturated rings. The van der Waals surface area contributed by atoms with E-state index in [2.05, 4.69) is 5.32 Å². The summed E-state index contributed by atoms with van der Waals surface area (Å²) in [6, 6.07) is 3.91. The third kappa shape index (κ3) is 3.97. The molecule has 0 saturated heterocycles. The number of carbonyl (C=O) groups is 2. The van der Waals surface area contributed by atoms with Gasteiger partial charge >= 0.3 is 5.97 Å². The van der Waals surface area contributed by atoms with Gasteiger partial charge in [0, 0.05) is 12.7 Å². The van der Waals surface area contributed by atoms with E-state index in [1.54, 1.807) is 35.0 Å². The second kappa shape index (κ2) is 8.06. The molecule has 0 aromatic heterocycles. The van der Waals surface area contributed by atoms with Gasteiger partial charge in [0.05, 0.1) is 24.2 Å². The molecule has 164 valence electrons. The molecule has 0 atom stereocenters. The van der Waals surface area contributed by atoms with Crippen LogP contribution in [0.3, 0.4) is 0 Å². The normalized spacial score (nSPS) is 24.2.